The number of nitrogens with zero attached hydrogens (tertiary/aromatic N) is 1. The third-order valence-electron chi connectivity index (χ3n) is 2.15. The van der Waals surface area contributed by atoms with E-state index in [9.17, 15) is 0 Å². The fourth-order valence-electron chi connectivity index (χ4n) is 1.25. The van der Waals surface area contributed by atoms with Gasteiger partial charge in [0.25, 0.3) is 0 Å². The first kappa shape index (κ1) is 12.0. The van der Waals surface area contributed by atoms with E-state index in [1.807, 2.05) is 38.1 Å². The predicted molar refractivity (Wildman–Crippen MR) is 62.9 cm³/mol. The third kappa shape index (κ3) is 4.33. The van der Waals surface area contributed by atoms with Crippen LogP contribution in [0.4, 0.5) is 0 Å². The van der Waals surface area contributed by atoms with E-state index in [0.29, 0.717) is 0 Å². The van der Waals surface area contributed by atoms with Crippen LogP contribution in [0.3, 0.4) is 0 Å². The Morgan fingerprint density at radius 3 is 2.80 bits per heavy atom. The van der Waals surface area contributed by atoms with Gasteiger partial charge in [-0.05, 0) is 38.0 Å². The molecule has 15 heavy (non-hydrogen) atoms. The van der Waals surface area contributed by atoms with Gasteiger partial charge in [-0.15, -0.1) is 0 Å². The summed E-state index contributed by atoms with van der Waals surface area (Å²) in [6.07, 6.45) is 0.881. The SMILES string of the molecule is CC(C)(C#N)NCCc1cccc(Cl)c1. The van der Waals surface area contributed by atoms with Crippen molar-refractivity contribution in [1.29, 1.82) is 5.26 Å². The van der Waals surface area contributed by atoms with Crippen molar-refractivity contribution in [3.05, 3.63) is 34.9 Å². The zero-order valence-electron chi connectivity index (χ0n) is 9.05. The van der Waals surface area contributed by atoms with Crippen LogP contribution in [-0.2, 0) is 6.42 Å². The van der Waals surface area contributed by atoms with Gasteiger partial charge in [0, 0.05) is 11.6 Å². The van der Waals surface area contributed by atoms with Crippen molar-refractivity contribution < 1.29 is 0 Å². The molecule has 80 valence electrons. The van der Waals surface area contributed by atoms with Gasteiger partial charge >= 0.3 is 0 Å². The highest BCUT2D eigenvalue weighted by molar-refractivity contribution is 6.30. The highest BCUT2D eigenvalue weighted by atomic mass is 35.5. The maximum absolute atomic E-state index is 8.80. The van der Waals surface area contributed by atoms with Gasteiger partial charge in [-0.25, -0.2) is 0 Å². The molecule has 0 aliphatic carbocycles. The van der Waals surface area contributed by atoms with Crippen molar-refractivity contribution in [1.82, 2.24) is 5.32 Å². The minimum absolute atomic E-state index is 0.460. The Morgan fingerprint density at radius 1 is 1.47 bits per heavy atom. The standard InChI is InChI=1S/C12H15ClN2/c1-12(2,9-14)15-7-6-10-4-3-5-11(13)8-10/h3-5,8,15H,6-7H2,1-2H3. The second-order valence-corrected chi connectivity index (χ2v) is 4.48. The lowest BCUT2D eigenvalue weighted by atomic mass is 10.1. The number of nitriles is 1. The predicted octanol–water partition coefficient (Wildman–Crippen LogP) is 2.77. The normalized spacial score (nSPS) is 11.1. The molecule has 0 unspecified atom stereocenters. The first-order valence-electron chi connectivity index (χ1n) is 4.94. The Hall–Kier alpha value is -1.04. The molecule has 1 aromatic rings. The molecule has 0 aliphatic heterocycles. The molecule has 0 fully saturated rings. The van der Waals surface area contributed by atoms with Gasteiger partial charge in [0.05, 0.1) is 6.07 Å². The largest absolute Gasteiger partial charge is 0.300 e. The topological polar surface area (TPSA) is 35.8 Å². The van der Waals surface area contributed by atoms with Crippen LogP contribution in [0.25, 0.3) is 0 Å². The van der Waals surface area contributed by atoms with E-state index in [1.54, 1.807) is 0 Å². The molecule has 1 aromatic carbocycles. The Morgan fingerprint density at radius 2 is 2.20 bits per heavy atom. The first-order valence-corrected chi connectivity index (χ1v) is 5.32. The number of rotatable bonds is 4. The molecule has 0 spiro atoms. The average Bonchev–Trinajstić information content (AvgIpc) is 2.18. The summed E-state index contributed by atoms with van der Waals surface area (Å²) in [6.45, 7) is 4.51. The van der Waals surface area contributed by atoms with E-state index in [-0.39, 0.29) is 0 Å². The van der Waals surface area contributed by atoms with Crippen LogP contribution in [0.1, 0.15) is 19.4 Å². The van der Waals surface area contributed by atoms with Crippen molar-refractivity contribution >= 4 is 11.6 Å². The highest BCUT2D eigenvalue weighted by Gasteiger charge is 2.14. The fraction of sp³-hybridized carbons (Fsp3) is 0.417. The summed E-state index contributed by atoms with van der Waals surface area (Å²) >= 11 is 5.87. The molecule has 0 aromatic heterocycles. The number of hydrogen-bond acceptors (Lipinski definition) is 2. The molecule has 1 rings (SSSR count). The minimum Gasteiger partial charge on any atom is -0.300 e. The lowest BCUT2D eigenvalue weighted by molar-refractivity contribution is 0.490. The molecule has 0 amide bonds. The maximum atomic E-state index is 8.80. The minimum atomic E-state index is -0.460. The molecule has 0 aliphatic rings. The molecule has 0 saturated carbocycles. The van der Waals surface area contributed by atoms with Gasteiger partial charge in [0.15, 0.2) is 0 Å². The van der Waals surface area contributed by atoms with Crippen LogP contribution in [-0.4, -0.2) is 12.1 Å². The zero-order valence-corrected chi connectivity index (χ0v) is 9.80. The summed E-state index contributed by atoms with van der Waals surface area (Å²) < 4.78 is 0. The lowest BCUT2D eigenvalue weighted by Crippen LogP contribution is -2.38. The van der Waals surface area contributed by atoms with Crippen molar-refractivity contribution in [2.75, 3.05) is 6.54 Å². The monoisotopic (exact) mass is 222 g/mol. The summed E-state index contributed by atoms with van der Waals surface area (Å²) in [7, 11) is 0. The Balaban J connectivity index is 2.42. The van der Waals surface area contributed by atoms with Crippen LogP contribution in [0.2, 0.25) is 5.02 Å². The average molecular weight is 223 g/mol. The quantitative estimate of drug-likeness (QED) is 0.851. The number of halogens is 1. The molecular formula is C12H15ClN2. The van der Waals surface area contributed by atoms with E-state index in [4.69, 9.17) is 16.9 Å². The van der Waals surface area contributed by atoms with Crippen LogP contribution in [0, 0.1) is 11.3 Å². The molecule has 0 radical (unpaired) electrons. The molecule has 1 N–H and O–H groups in total. The van der Waals surface area contributed by atoms with Gasteiger partial charge < -0.3 is 0 Å². The smallest absolute Gasteiger partial charge is 0.101 e. The number of nitrogens with one attached hydrogen (secondary N) is 1. The first-order chi connectivity index (χ1) is 7.03. The summed E-state index contributed by atoms with van der Waals surface area (Å²) in [4.78, 5) is 0. The van der Waals surface area contributed by atoms with Gasteiger partial charge in [-0.2, -0.15) is 5.26 Å². The summed E-state index contributed by atoms with van der Waals surface area (Å²) in [5, 5.41) is 12.7. The second-order valence-electron chi connectivity index (χ2n) is 4.04. The van der Waals surface area contributed by atoms with Crippen molar-refractivity contribution in [2.24, 2.45) is 0 Å². The highest BCUT2D eigenvalue weighted by Crippen LogP contribution is 2.11. The van der Waals surface area contributed by atoms with Crippen molar-refractivity contribution in [3.63, 3.8) is 0 Å². The maximum Gasteiger partial charge on any atom is 0.101 e. The molecule has 0 heterocycles. The van der Waals surface area contributed by atoms with Gasteiger partial charge in [0.2, 0.25) is 0 Å². The van der Waals surface area contributed by atoms with Crippen molar-refractivity contribution in [2.45, 2.75) is 25.8 Å². The molecule has 0 atom stereocenters. The van der Waals surface area contributed by atoms with E-state index < -0.39 is 5.54 Å². The number of benzene rings is 1. The Labute approximate surface area is 95.9 Å². The van der Waals surface area contributed by atoms with Crippen LogP contribution in [0.5, 0.6) is 0 Å². The molecule has 3 heteroatoms. The Kier molecular flexibility index (Phi) is 4.14. The van der Waals surface area contributed by atoms with Crippen LogP contribution >= 0.6 is 11.6 Å². The molecule has 0 saturated heterocycles. The number of hydrogen-bond donors (Lipinski definition) is 1. The zero-order chi connectivity index (χ0) is 11.3. The summed E-state index contributed by atoms with van der Waals surface area (Å²) in [5.74, 6) is 0. The summed E-state index contributed by atoms with van der Waals surface area (Å²) in [5.41, 5.74) is 0.724. The third-order valence-corrected chi connectivity index (χ3v) is 2.38. The van der Waals surface area contributed by atoms with E-state index in [0.717, 1.165) is 18.0 Å². The lowest BCUT2D eigenvalue weighted by Gasteiger charge is -2.17. The summed E-state index contributed by atoms with van der Waals surface area (Å²) in [6, 6.07) is 9.98. The van der Waals surface area contributed by atoms with Crippen LogP contribution < -0.4 is 5.32 Å². The second kappa shape index (κ2) is 5.16. The molecule has 0 bridgehead atoms. The van der Waals surface area contributed by atoms with E-state index in [1.165, 1.54) is 5.56 Å². The van der Waals surface area contributed by atoms with Crippen LogP contribution in [0.15, 0.2) is 24.3 Å². The van der Waals surface area contributed by atoms with Gasteiger partial charge in [0.1, 0.15) is 5.54 Å². The Bertz CT molecular complexity index is 366. The van der Waals surface area contributed by atoms with Crippen molar-refractivity contribution in [3.8, 4) is 6.07 Å². The fourth-order valence-corrected chi connectivity index (χ4v) is 1.46. The van der Waals surface area contributed by atoms with Gasteiger partial charge in [-0.3, -0.25) is 5.32 Å². The van der Waals surface area contributed by atoms with Gasteiger partial charge in [-0.1, -0.05) is 23.7 Å². The van der Waals surface area contributed by atoms with E-state index >= 15 is 0 Å². The molecule has 2 nitrogen and oxygen atoms in total. The van der Waals surface area contributed by atoms with E-state index in [2.05, 4.69) is 11.4 Å². The molecular weight excluding hydrogens is 208 g/mol.